The first kappa shape index (κ1) is 12.7. The molecular weight excluding hydrogens is 236 g/mol. The van der Waals surface area contributed by atoms with Crippen molar-refractivity contribution in [1.29, 1.82) is 0 Å². The molecule has 2 aliphatic rings. The molecule has 1 heterocycles. The highest BCUT2D eigenvalue weighted by Crippen LogP contribution is 2.41. The zero-order valence-electron chi connectivity index (χ0n) is 11.5. The number of hydrogen-bond donors (Lipinski definition) is 1. The Bertz CT molecular complexity index is 445. The number of carbonyl (C=O) groups excluding carboxylic acids is 1. The highest BCUT2D eigenvalue weighted by Gasteiger charge is 2.46. The Morgan fingerprint density at radius 1 is 1.37 bits per heavy atom. The van der Waals surface area contributed by atoms with Gasteiger partial charge in [0.25, 0.3) is 0 Å². The number of amides is 1. The number of nitrogens with zero attached hydrogens (tertiary/aromatic N) is 1. The molecule has 0 bridgehead atoms. The molecule has 1 N–H and O–H groups in total. The van der Waals surface area contributed by atoms with Crippen LogP contribution in [0.15, 0.2) is 30.3 Å². The molecular formula is C16H22N2O. The molecule has 1 saturated heterocycles. The molecule has 1 saturated carbocycles. The predicted molar refractivity (Wildman–Crippen MR) is 75.6 cm³/mol. The van der Waals surface area contributed by atoms with Crippen LogP contribution in [0.25, 0.3) is 0 Å². The summed E-state index contributed by atoms with van der Waals surface area (Å²) in [7, 11) is 0. The summed E-state index contributed by atoms with van der Waals surface area (Å²) in [6.07, 6.45) is 3.74. The lowest BCUT2D eigenvalue weighted by molar-refractivity contribution is -0.119. The maximum absolute atomic E-state index is 11.1. The van der Waals surface area contributed by atoms with Gasteiger partial charge in [-0.15, -0.1) is 0 Å². The number of hydrogen-bond acceptors (Lipinski definition) is 2. The van der Waals surface area contributed by atoms with Crippen molar-refractivity contribution < 1.29 is 4.79 Å². The van der Waals surface area contributed by atoms with E-state index in [9.17, 15) is 4.79 Å². The van der Waals surface area contributed by atoms with Crippen LogP contribution in [0.1, 0.15) is 31.7 Å². The highest BCUT2D eigenvalue weighted by atomic mass is 16.1. The summed E-state index contributed by atoms with van der Waals surface area (Å²) in [6.45, 7) is 3.86. The van der Waals surface area contributed by atoms with Gasteiger partial charge in [0.1, 0.15) is 0 Å². The predicted octanol–water partition coefficient (Wildman–Crippen LogP) is 2.18. The minimum Gasteiger partial charge on any atom is -0.353 e. The van der Waals surface area contributed by atoms with Crippen LogP contribution in [0.2, 0.25) is 0 Å². The van der Waals surface area contributed by atoms with Crippen LogP contribution in [0, 0.1) is 5.92 Å². The van der Waals surface area contributed by atoms with Crippen molar-refractivity contribution in [2.24, 2.45) is 5.92 Å². The maximum atomic E-state index is 11.1. The van der Waals surface area contributed by atoms with Crippen molar-refractivity contribution in [3.05, 3.63) is 35.9 Å². The molecule has 0 aromatic heterocycles. The first-order valence-electron chi connectivity index (χ1n) is 7.29. The average molecular weight is 258 g/mol. The Morgan fingerprint density at radius 3 is 2.89 bits per heavy atom. The second-order valence-electron chi connectivity index (χ2n) is 5.87. The lowest BCUT2D eigenvalue weighted by atomic mass is 10.1. The van der Waals surface area contributed by atoms with Crippen LogP contribution in [-0.2, 0) is 11.3 Å². The largest absolute Gasteiger partial charge is 0.353 e. The minimum absolute atomic E-state index is 0.111. The zero-order valence-corrected chi connectivity index (χ0v) is 11.5. The maximum Gasteiger partial charge on any atom is 0.217 e. The Kier molecular flexibility index (Phi) is 3.56. The van der Waals surface area contributed by atoms with E-state index < -0.39 is 0 Å². The van der Waals surface area contributed by atoms with Gasteiger partial charge in [0.15, 0.2) is 0 Å². The highest BCUT2D eigenvalue weighted by molar-refractivity contribution is 5.73. The fraction of sp³-hybridized carbons (Fsp3) is 0.562. The van der Waals surface area contributed by atoms with Gasteiger partial charge in [-0.05, 0) is 37.3 Å². The first-order chi connectivity index (χ1) is 9.24. The average Bonchev–Trinajstić information content (AvgIpc) is 2.98. The van der Waals surface area contributed by atoms with Crippen LogP contribution in [0.5, 0.6) is 0 Å². The molecule has 102 valence electrons. The lowest BCUT2D eigenvalue weighted by Gasteiger charge is -2.25. The normalized spacial score (nSPS) is 30.3. The SMILES string of the molecule is CC(=O)NC1CC1C1CCCN1Cc1ccccc1. The van der Waals surface area contributed by atoms with E-state index in [-0.39, 0.29) is 5.91 Å². The number of nitrogens with one attached hydrogen (secondary N) is 1. The molecule has 3 unspecified atom stereocenters. The zero-order chi connectivity index (χ0) is 13.2. The van der Waals surface area contributed by atoms with Crippen LogP contribution in [0.3, 0.4) is 0 Å². The molecule has 1 aromatic rings. The van der Waals surface area contributed by atoms with E-state index in [0.717, 1.165) is 13.0 Å². The van der Waals surface area contributed by atoms with E-state index in [2.05, 4.69) is 40.5 Å². The molecule has 3 heteroatoms. The Labute approximate surface area is 115 Å². The van der Waals surface area contributed by atoms with Crippen molar-refractivity contribution in [3.8, 4) is 0 Å². The number of benzene rings is 1. The fourth-order valence-electron chi connectivity index (χ4n) is 3.42. The van der Waals surface area contributed by atoms with E-state index in [1.165, 1.54) is 24.9 Å². The monoisotopic (exact) mass is 258 g/mol. The summed E-state index contributed by atoms with van der Waals surface area (Å²) < 4.78 is 0. The third-order valence-electron chi connectivity index (χ3n) is 4.37. The van der Waals surface area contributed by atoms with Gasteiger partial charge in [-0.3, -0.25) is 9.69 Å². The molecule has 3 rings (SSSR count). The molecule has 1 amide bonds. The molecule has 3 nitrogen and oxygen atoms in total. The molecule has 3 atom stereocenters. The van der Waals surface area contributed by atoms with Gasteiger partial charge in [0.05, 0.1) is 0 Å². The van der Waals surface area contributed by atoms with Crippen molar-refractivity contribution >= 4 is 5.91 Å². The van der Waals surface area contributed by atoms with Gasteiger partial charge in [-0.1, -0.05) is 30.3 Å². The van der Waals surface area contributed by atoms with Gasteiger partial charge in [-0.2, -0.15) is 0 Å². The third kappa shape index (κ3) is 2.98. The smallest absolute Gasteiger partial charge is 0.217 e. The van der Waals surface area contributed by atoms with Gasteiger partial charge in [0, 0.05) is 25.6 Å². The van der Waals surface area contributed by atoms with Gasteiger partial charge < -0.3 is 5.32 Å². The second-order valence-corrected chi connectivity index (χ2v) is 5.87. The fourth-order valence-corrected chi connectivity index (χ4v) is 3.42. The van der Waals surface area contributed by atoms with Crippen molar-refractivity contribution in [2.45, 2.75) is 44.8 Å². The summed E-state index contributed by atoms with van der Waals surface area (Å²) in [6, 6.07) is 11.8. The van der Waals surface area contributed by atoms with Crippen molar-refractivity contribution in [1.82, 2.24) is 10.2 Å². The van der Waals surface area contributed by atoms with E-state index in [0.29, 0.717) is 18.0 Å². The molecule has 2 fully saturated rings. The van der Waals surface area contributed by atoms with Crippen LogP contribution in [0.4, 0.5) is 0 Å². The quantitative estimate of drug-likeness (QED) is 0.897. The lowest BCUT2D eigenvalue weighted by Crippen LogP contribution is -2.34. The van der Waals surface area contributed by atoms with Gasteiger partial charge >= 0.3 is 0 Å². The summed E-state index contributed by atoms with van der Waals surface area (Å²) in [5.74, 6) is 0.787. The molecule has 1 aliphatic carbocycles. The molecule has 0 spiro atoms. The summed E-state index contributed by atoms with van der Waals surface area (Å²) in [4.78, 5) is 13.7. The van der Waals surface area contributed by atoms with Crippen LogP contribution >= 0.6 is 0 Å². The Hall–Kier alpha value is -1.35. The molecule has 19 heavy (non-hydrogen) atoms. The minimum atomic E-state index is 0.111. The third-order valence-corrected chi connectivity index (χ3v) is 4.37. The summed E-state index contributed by atoms with van der Waals surface area (Å²) in [5, 5.41) is 3.06. The topological polar surface area (TPSA) is 32.3 Å². The molecule has 0 radical (unpaired) electrons. The van der Waals surface area contributed by atoms with E-state index in [4.69, 9.17) is 0 Å². The summed E-state index contributed by atoms with van der Waals surface area (Å²) >= 11 is 0. The van der Waals surface area contributed by atoms with Gasteiger partial charge in [0.2, 0.25) is 5.91 Å². The number of carbonyl (C=O) groups is 1. The summed E-state index contributed by atoms with van der Waals surface area (Å²) in [5.41, 5.74) is 1.39. The van der Waals surface area contributed by atoms with Crippen LogP contribution < -0.4 is 5.32 Å². The Balaban J connectivity index is 1.59. The van der Waals surface area contributed by atoms with E-state index >= 15 is 0 Å². The second kappa shape index (κ2) is 5.33. The van der Waals surface area contributed by atoms with E-state index in [1.807, 2.05) is 0 Å². The first-order valence-corrected chi connectivity index (χ1v) is 7.29. The van der Waals surface area contributed by atoms with Gasteiger partial charge in [-0.25, -0.2) is 0 Å². The Morgan fingerprint density at radius 2 is 2.16 bits per heavy atom. The van der Waals surface area contributed by atoms with E-state index in [1.54, 1.807) is 6.92 Å². The van der Waals surface area contributed by atoms with Crippen molar-refractivity contribution in [2.75, 3.05) is 6.54 Å². The molecule has 1 aromatic carbocycles. The standard InChI is InChI=1S/C16H22N2O/c1-12(19)17-15-10-14(15)16-8-5-9-18(16)11-13-6-3-2-4-7-13/h2-4,6-7,14-16H,5,8-11H2,1H3,(H,17,19). The number of rotatable bonds is 4. The van der Waals surface area contributed by atoms with Crippen LogP contribution in [-0.4, -0.2) is 29.4 Å². The molecule has 1 aliphatic heterocycles. The van der Waals surface area contributed by atoms with Crippen molar-refractivity contribution in [3.63, 3.8) is 0 Å². The number of likely N-dealkylation sites (tertiary alicyclic amines) is 1.